The Hall–Kier alpha value is -2.90. The second kappa shape index (κ2) is 11.7. The molecule has 2 saturated heterocycles. The number of ether oxygens (including phenoxy) is 1. The molecule has 1 atom stereocenters. The molecule has 1 aromatic heterocycles. The van der Waals surface area contributed by atoms with Crippen LogP contribution < -0.4 is 10.5 Å². The van der Waals surface area contributed by atoms with Gasteiger partial charge in [-0.25, -0.2) is 0 Å². The molecule has 0 spiro atoms. The Morgan fingerprint density at radius 3 is 2.74 bits per heavy atom. The number of piperidine rings is 1. The molecule has 1 unspecified atom stereocenters. The summed E-state index contributed by atoms with van der Waals surface area (Å²) < 4.78 is 7.30. The normalized spacial score (nSPS) is 19.3. The highest BCUT2D eigenvalue weighted by atomic mass is 32.2. The van der Waals surface area contributed by atoms with E-state index in [-0.39, 0.29) is 28.9 Å². The minimum atomic E-state index is -0.364. The topological polar surface area (TPSA) is 95.6 Å². The number of hydrogen-bond acceptors (Lipinski definition) is 8. The summed E-state index contributed by atoms with van der Waals surface area (Å²) in [4.78, 5) is 42.8. The molecule has 0 aromatic carbocycles. The molecule has 10 heteroatoms. The third kappa shape index (κ3) is 5.36. The number of thioether (sulfide) groups is 1. The Morgan fingerprint density at radius 2 is 2.11 bits per heavy atom. The van der Waals surface area contributed by atoms with E-state index in [1.165, 1.54) is 16.7 Å². The van der Waals surface area contributed by atoms with E-state index in [4.69, 9.17) is 17.0 Å². The van der Waals surface area contributed by atoms with Gasteiger partial charge >= 0.3 is 5.97 Å². The quantitative estimate of drug-likeness (QED) is 0.225. The summed E-state index contributed by atoms with van der Waals surface area (Å²) >= 11 is 6.57. The third-order valence-electron chi connectivity index (χ3n) is 6.10. The maximum absolute atomic E-state index is 13.3. The molecule has 3 heterocycles. The second-order valence-corrected chi connectivity index (χ2v) is 10.1. The number of thiocarbonyl (C=S) groups is 1. The van der Waals surface area contributed by atoms with Gasteiger partial charge in [-0.1, -0.05) is 37.0 Å². The fourth-order valence-corrected chi connectivity index (χ4v) is 5.71. The van der Waals surface area contributed by atoms with E-state index < -0.39 is 0 Å². The summed E-state index contributed by atoms with van der Waals surface area (Å²) in [6.45, 7) is 11.2. The van der Waals surface area contributed by atoms with Crippen LogP contribution >= 0.6 is 24.0 Å². The maximum atomic E-state index is 13.3. The molecule has 1 amide bonds. The van der Waals surface area contributed by atoms with Crippen LogP contribution in [-0.4, -0.2) is 51.9 Å². The van der Waals surface area contributed by atoms with Crippen LogP contribution in [0.3, 0.4) is 0 Å². The molecule has 186 valence electrons. The predicted octanol–water partition coefficient (Wildman–Crippen LogP) is 3.61. The lowest BCUT2D eigenvalue weighted by atomic mass is 9.96. The van der Waals surface area contributed by atoms with Gasteiger partial charge in [0.25, 0.3) is 11.5 Å². The molecular weight excluding hydrogens is 484 g/mol. The average molecular weight is 515 g/mol. The number of rotatable bonds is 8. The molecule has 2 aliphatic heterocycles. The summed E-state index contributed by atoms with van der Waals surface area (Å²) in [5.41, 5.74) is 0.816. The van der Waals surface area contributed by atoms with E-state index in [1.807, 2.05) is 11.8 Å². The molecule has 2 aliphatic rings. The number of hydrogen-bond donors (Lipinski definition) is 0. The minimum Gasteiger partial charge on any atom is -0.466 e. The van der Waals surface area contributed by atoms with E-state index >= 15 is 0 Å². The van der Waals surface area contributed by atoms with Crippen molar-refractivity contribution in [1.82, 2.24) is 9.47 Å². The van der Waals surface area contributed by atoms with Gasteiger partial charge in [-0.3, -0.25) is 23.9 Å². The summed E-state index contributed by atoms with van der Waals surface area (Å²) in [6, 6.07) is 2.05. The predicted molar refractivity (Wildman–Crippen MR) is 142 cm³/mol. The number of nitriles is 1. The van der Waals surface area contributed by atoms with Crippen LogP contribution in [0.4, 0.5) is 5.82 Å². The fraction of sp³-hybridized carbons (Fsp3) is 0.480. The largest absolute Gasteiger partial charge is 0.466 e. The molecule has 0 radical (unpaired) electrons. The van der Waals surface area contributed by atoms with E-state index in [1.54, 1.807) is 30.6 Å². The smallest absolute Gasteiger partial charge is 0.310 e. The highest BCUT2D eigenvalue weighted by molar-refractivity contribution is 8.26. The summed E-state index contributed by atoms with van der Waals surface area (Å²) in [5, 5.41) is 9.79. The first-order valence-corrected chi connectivity index (χ1v) is 13.0. The Balaban J connectivity index is 2.21. The van der Waals surface area contributed by atoms with Crippen molar-refractivity contribution in [2.24, 2.45) is 5.92 Å². The lowest BCUT2D eigenvalue weighted by Crippen LogP contribution is -2.43. The van der Waals surface area contributed by atoms with Gasteiger partial charge in [-0.15, -0.1) is 6.58 Å². The molecule has 1 aromatic rings. The zero-order chi connectivity index (χ0) is 25.7. The monoisotopic (exact) mass is 514 g/mol. The van der Waals surface area contributed by atoms with E-state index in [9.17, 15) is 19.6 Å². The van der Waals surface area contributed by atoms with Gasteiger partial charge in [0, 0.05) is 31.7 Å². The van der Waals surface area contributed by atoms with Crippen LogP contribution in [0.1, 0.15) is 49.8 Å². The van der Waals surface area contributed by atoms with E-state index in [0.29, 0.717) is 71.8 Å². The number of nitrogens with zero attached hydrogens (tertiary/aromatic N) is 4. The van der Waals surface area contributed by atoms with Gasteiger partial charge in [0.2, 0.25) is 0 Å². The van der Waals surface area contributed by atoms with Crippen molar-refractivity contribution >= 4 is 52.1 Å². The summed E-state index contributed by atoms with van der Waals surface area (Å²) in [7, 11) is 0. The number of esters is 1. The van der Waals surface area contributed by atoms with Gasteiger partial charge in [0.15, 0.2) is 0 Å². The first-order valence-electron chi connectivity index (χ1n) is 11.7. The van der Waals surface area contributed by atoms with Crippen molar-refractivity contribution in [2.75, 3.05) is 31.1 Å². The minimum absolute atomic E-state index is 0.0500. The molecule has 35 heavy (non-hydrogen) atoms. The Morgan fingerprint density at radius 1 is 1.37 bits per heavy atom. The van der Waals surface area contributed by atoms with Crippen molar-refractivity contribution in [3.05, 3.63) is 44.6 Å². The van der Waals surface area contributed by atoms with Crippen LogP contribution in [0.25, 0.3) is 6.08 Å². The molecule has 0 aliphatic carbocycles. The van der Waals surface area contributed by atoms with E-state index in [0.717, 1.165) is 6.42 Å². The first-order chi connectivity index (χ1) is 16.8. The zero-order valence-electron chi connectivity index (χ0n) is 20.3. The first kappa shape index (κ1) is 26.7. The van der Waals surface area contributed by atoms with Gasteiger partial charge in [-0.05, 0) is 44.7 Å². The Bertz CT molecular complexity index is 1180. The van der Waals surface area contributed by atoms with Crippen molar-refractivity contribution in [3.63, 3.8) is 0 Å². The number of aromatic nitrogens is 1. The van der Waals surface area contributed by atoms with Crippen LogP contribution in [-0.2, 0) is 20.9 Å². The number of carbonyl (C=O) groups excluding carboxylic acids is 2. The standard InChI is InChI=1S/C25H30N4O4S2/c1-5-10-28-21(27-12-8-9-17(15-27)24(32)33-7-3)18(16(4)19(14-26)22(28)30)13-20-23(31)29(11-6-2)25(34)35-20/h6,13,17H,2,5,7-12,15H2,1,3-4H3/b20-13+. The second-order valence-electron chi connectivity index (χ2n) is 8.42. The summed E-state index contributed by atoms with van der Waals surface area (Å²) in [5.74, 6) is -0.182. The molecule has 0 bridgehead atoms. The van der Waals surface area contributed by atoms with Crippen LogP contribution in [0.2, 0.25) is 0 Å². The van der Waals surface area contributed by atoms with Crippen LogP contribution in [0.15, 0.2) is 22.4 Å². The van der Waals surface area contributed by atoms with Crippen molar-refractivity contribution in [1.29, 1.82) is 5.26 Å². The molecular formula is C25H30N4O4S2. The van der Waals surface area contributed by atoms with Gasteiger partial charge in [-0.2, -0.15) is 5.26 Å². The number of anilines is 1. The van der Waals surface area contributed by atoms with Crippen LogP contribution in [0, 0.1) is 24.2 Å². The maximum Gasteiger partial charge on any atom is 0.310 e. The van der Waals surface area contributed by atoms with Gasteiger partial charge < -0.3 is 9.64 Å². The van der Waals surface area contributed by atoms with Crippen molar-refractivity contribution in [3.8, 4) is 6.07 Å². The third-order valence-corrected chi connectivity index (χ3v) is 7.47. The molecule has 0 saturated carbocycles. The lowest BCUT2D eigenvalue weighted by molar-refractivity contribution is -0.148. The SMILES string of the molecule is C=CCN1C(=O)/C(=C\c2c(C)c(C#N)c(=O)n(CCC)c2N2CCCC(C(=O)OCC)C2)SC1=S. The molecule has 8 nitrogen and oxygen atoms in total. The van der Waals surface area contributed by atoms with Gasteiger partial charge in [0.1, 0.15) is 21.8 Å². The van der Waals surface area contributed by atoms with Crippen LogP contribution in [0.5, 0.6) is 0 Å². The fourth-order valence-electron chi connectivity index (χ4n) is 4.46. The number of pyridine rings is 1. The lowest BCUT2D eigenvalue weighted by Gasteiger charge is -2.36. The van der Waals surface area contributed by atoms with Crippen molar-refractivity contribution in [2.45, 2.75) is 46.6 Å². The number of carbonyl (C=O) groups is 2. The zero-order valence-corrected chi connectivity index (χ0v) is 22.0. The molecule has 0 N–H and O–H groups in total. The highest BCUT2D eigenvalue weighted by Gasteiger charge is 2.34. The number of amides is 1. The van der Waals surface area contributed by atoms with E-state index in [2.05, 4.69) is 12.6 Å². The highest BCUT2D eigenvalue weighted by Crippen LogP contribution is 2.37. The Labute approximate surface area is 215 Å². The Kier molecular flexibility index (Phi) is 8.92. The average Bonchev–Trinajstić information content (AvgIpc) is 3.10. The molecule has 2 fully saturated rings. The van der Waals surface area contributed by atoms with Gasteiger partial charge in [0.05, 0.1) is 17.4 Å². The molecule has 3 rings (SSSR count). The summed E-state index contributed by atoms with van der Waals surface area (Å²) in [6.07, 6.45) is 5.48. The van der Waals surface area contributed by atoms with Crippen molar-refractivity contribution < 1.29 is 14.3 Å².